The fraction of sp³-hybridized carbons (Fsp3) is 0.471. The quantitative estimate of drug-likeness (QED) is 0.677. The van der Waals surface area contributed by atoms with Gasteiger partial charge in [0.15, 0.2) is 5.82 Å². The summed E-state index contributed by atoms with van der Waals surface area (Å²) in [5.41, 5.74) is 0.0492. The van der Waals surface area contributed by atoms with Gasteiger partial charge in [0, 0.05) is 19.5 Å². The first kappa shape index (κ1) is 20.5. The summed E-state index contributed by atoms with van der Waals surface area (Å²) in [7, 11) is 0. The number of carbonyl (C=O) groups excluding carboxylic acids is 1. The smallest absolute Gasteiger partial charge is 0.338 e. The SMILES string of the molecule is CCC(CC)CN(CCc1noc(=O)[nH]1)C(=O)c1cc(F)c(Cl)cc1Cl. The molecule has 6 nitrogen and oxygen atoms in total. The molecule has 0 saturated heterocycles. The minimum atomic E-state index is -0.706. The van der Waals surface area contributed by atoms with Crippen LogP contribution in [-0.2, 0) is 6.42 Å². The molecule has 1 aromatic carbocycles. The second kappa shape index (κ2) is 9.19. The first-order chi connectivity index (χ1) is 12.3. The van der Waals surface area contributed by atoms with Crippen molar-refractivity contribution in [2.45, 2.75) is 33.1 Å². The number of hydrogen-bond donors (Lipinski definition) is 1. The Morgan fingerprint density at radius 3 is 2.58 bits per heavy atom. The predicted molar refractivity (Wildman–Crippen MR) is 97.2 cm³/mol. The van der Waals surface area contributed by atoms with Crippen molar-refractivity contribution < 1.29 is 13.7 Å². The van der Waals surface area contributed by atoms with Crippen LogP contribution in [0.1, 0.15) is 42.9 Å². The molecule has 26 heavy (non-hydrogen) atoms. The Kier molecular flexibility index (Phi) is 7.23. The number of benzene rings is 1. The van der Waals surface area contributed by atoms with Crippen molar-refractivity contribution in [3.63, 3.8) is 0 Å². The number of nitrogens with one attached hydrogen (secondary N) is 1. The highest BCUT2D eigenvalue weighted by Gasteiger charge is 2.23. The number of aromatic nitrogens is 2. The van der Waals surface area contributed by atoms with Gasteiger partial charge in [-0.05, 0) is 18.1 Å². The normalized spacial score (nSPS) is 11.2. The lowest BCUT2D eigenvalue weighted by molar-refractivity contribution is 0.0725. The second-order valence-electron chi connectivity index (χ2n) is 5.97. The molecule has 2 aromatic rings. The fourth-order valence-electron chi connectivity index (χ4n) is 2.60. The zero-order chi connectivity index (χ0) is 19.3. The number of halogens is 3. The van der Waals surface area contributed by atoms with Crippen LogP contribution >= 0.6 is 23.2 Å². The van der Waals surface area contributed by atoms with Crippen LogP contribution in [0.2, 0.25) is 10.0 Å². The van der Waals surface area contributed by atoms with Gasteiger partial charge in [-0.25, -0.2) is 9.18 Å². The van der Waals surface area contributed by atoms with Crippen LogP contribution < -0.4 is 5.76 Å². The third-order valence-corrected chi connectivity index (χ3v) is 4.87. The number of amides is 1. The monoisotopic (exact) mass is 403 g/mol. The molecule has 2 rings (SSSR count). The van der Waals surface area contributed by atoms with Gasteiger partial charge in [-0.3, -0.25) is 14.3 Å². The van der Waals surface area contributed by atoms with E-state index >= 15 is 0 Å². The summed E-state index contributed by atoms with van der Waals surface area (Å²) < 4.78 is 18.3. The maximum Gasteiger partial charge on any atom is 0.438 e. The predicted octanol–water partition coefficient (Wildman–Crippen LogP) is 3.93. The van der Waals surface area contributed by atoms with Gasteiger partial charge in [-0.1, -0.05) is 55.0 Å². The summed E-state index contributed by atoms with van der Waals surface area (Å²) in [5.74, 6) is -1.14. The molecule has 0 atom stereocenters. The molecule has 1 heterocycles. The van der Waals surface area contributed by atoms with Crippen LogP contribution in [0.5, 0.6) is 0 Å². The average molecular weight is 404 g/mol. The Hall–Kier alpha value is -1.86. The van der Waals surface area contributed by atoms with Crippen LogP contribution in [0.4, 0.5) is 4.39 Å². The zero-order valence-corrected chi connectivity index (χ0v) is 16.0. The van der Waals surface area contributed by atoms with Crippen molar-refractivity contribution in [2.24, 2.45) is 5.92 Å². The van der Waals surface area contributed by atoms with Crippen molar-refractivity contribution in [1.82, 2.24) is 15.0 Å². The Morgan fingerprint density at radius 1 is 1.31 bits per heavy atom. The van der Waals surface area contributed by atoms with Gasteiger partial charge in [-0.2, -0.15) is 0 Å². The molecule has 0 bridgehead atoms. The van der Waals surface area contributed by atoms with Crippen LogP contribution in [0.3, 0.4) is 0 Å². The molecular weight excluding hydrogens is 384 g/mol. The summed E-state index contributed by atoms with van der Waals surface area (Å²) >= 11 is 11.8. The van der Waals surface area contributed by atoms with Gasteiger partial charge in [0.1, 0.15) is 5.82 Å². The lowest BCUT2D eigenvalue weighted by Crippen LogP contribution is -2.37. The van der Waals surface area contributed by atoms with Crippen molar-refractivity contribution in [2.75, 3.05) is 13.1 Å². The third kappa shape index (κ3) is 5.08. The summed E-state index contributed by atoms with van der Waals surface area (Å²) in [6.45, 7) is 4.84. The van der Waals surface area contributed by atoms with E-state index < -0.39 is 17.5 Å². The Bertz CT molecular complexity index is 818. The van der Waals surface area contributed by atoms with Gasteiger partial charge in [0.25, 0.3) is 5.91 Å². The zero-order valence-electron chi connectivity index (χ0n) is 14.5. The molecule has 0 radical (unpaired) electrons. The van der Waals surface area contributed by atoms with E-state index in [1.165, 1.54) is 6.07 Å². The lowest BCUT2D eigenvalue weighted by atomic mass is 10.0. The topological polar surface area (TPSA) is 79.2 Å². The fourth-order valence-corrected chi connectivity index (χ4v) is 3.06. The molecule has 0 spiro atoms. The van der Waals surface area contributed by atoms with Gasteiger partial charge in [0.2, 0.25) is 0 Å². The molecule has 0 aliphatic heterocycles. The van der Waals surface area contributed by atoms with E-state index in [0.29, 0.717) is 18.8 Å². The Balaban J connectivity index is 2.24. The van der Waals surface area contributed by atoms with Crippen LogP contribution in [0, 0.1) is 11.7 Å². The van der Waals surface area contributed by atoms with Crippen molar-refractivity contribution in [3.8, 4) is 0 Å². The molecular formula is C17H20Cl2FN3O3. The molecule has 0 fully saturated rings. The second-order valence-corrected chi connectivity index (χ2v) is 6.79. The van der Waals surface area contributed by atoms with Crippen LogP contribution in [0.25, 0.3) is 0 Å². The molecule has 1 amide bonds. The maximum absolute atomic E-state index is 13.8. The number of H-pyrrole nitrogens is 1. The number of rotatable bonds is 8. The van der Waals surface area contributed by atoms with Crippen molar-refractivity contribution in [3.05, 3.63) is 49.9 Å². The molecule has 1 N–H and O–H groups in total. The van der Waals surface area contributed by atoms with E-state index in [1.54, 1.807) is 4.90 Å². The van der Waals surface area contributed by atoms with E-state index in [1.807, 2.05) is 13.8 Å². The first-order valence-electron chi connectivity index (χ1n) is 8.34. The molecule has 0 saturated carbocycles. The summed E-state index contributed by atoms with van der Waals surface area (Å²) in [6.07, 6.45) is 2.08. The van der Waals surface area contributed by atoms with E-state index in [9.17, 15) is 14.0 Å². The van der Waals surface area contributed by atoms with E-state index in [2.05, 4.69) is 14.7 Å². The molecule has 0 aliphatic carbocycles. The summed E-state index contributed by atoms with van der Waals surface area (Å²) in [4.78, 5) is 28.0. The molecule has 9 heteroatoms. The lowest BCUT2D eigenvalue weighted by Gasteiger charge is -2.27. The number of hydrogen-bond acceptors (Lipinski definition) is 4. The highest BCUT2D eigenvalue weighted by atomic mass is 35.5. The highest BCUT2D eigenvalue weighted by Crippen LogP contribution is 2.26. The van der Waals surface area contributed by atoms with E-state index in [0.717, 1.165) is 18.9 Å². The van der Waals surface area contributed by atoms with Gasteiger partial charge in [-0.15, -0.1) is 0 Å². The van der Waals surface area contributed by atoms with Gasteiger partial charge in [0.05, 0.1) is 15.6 Å². The van der Waals surface area contributed by atoms with Crippen LogP contribution in [0.15, 0.2) is 21.5 Å². The van der Waals surface area contributed by atoms with Crippen molar-refractivity contribution in [1.29, 1.82) is 0 Å². The van der Waals surface area contributed by atoms with Gasteiger partial charge < -0.3 is 4.90 Å². The summed E-state index contributed by atoms with van der Waals surface area (Å²) in [6, 6.07) is 2.26. The average Bonchev–Trinajstić information content (AvgIpc) is 3.03. The maximum atomic E-state index is 13.8. The number of nitrogens with zero attached hydrogens (tertiary/aromatic N) is 2. The minimum Gasteiger partial charge on any atom is -0.338 e. The summed E-state index contributed by atoms with van der Waals surface area (Å²) in [5, 5.41) is 3.55. The van der Waals surface area contributed by atoms with E-state index in [-0.39, 0.29) is 28.1 Å². The number of carbonyl (C=O) groups is 1. The Labute approximate surface area is 160 Å². The molecule has 1 aromatic heterocycles. The van der Waals surface area contributed by atoms with E-state index in [4.69, 9.17) is 23.2 Å². The first-order valence-corrected chi connectivity index (χ1v) is 9.09. The molecule has 142 valence electrons. The molecule has 0 unspecified atom stereocenters. The van der Waals surface area contributed by atoms with Crippen LogP contribution in [-0.4, -0.2) is 34.0 Å². The third-order valence-electron chi connectivity index (χ3n) is 4.26. The number of aromatic amines is 1. The van der Waals surface area contributed by atoms with Gasteiger partial charge >= 0.3 is 5.76 Å². The Morgan fingerprint density at radius 2 is 2.00 bits per heavy atom. The van der Waals surface area contributed by atoms with Crippen molar-refractivity contribution >= 4 is 29.1 Å². The molecule has 0 aliphatic rings. The highest BCUT2D eigenvalue weighted by molar-refractivity contribution is 6.36. The minimum absolute atomic E-state index is 0.0492. The largest absolute Gasteiger partial charge is 0.438 e. The standard InChI is InChI=1S/C17H20Cl2FN3O3/c1-3-10(4-2)9-23(6-5-15-21-17(25)26-22-15)16(24)11-7-14(20)13(19)8-12(11)18/h7-8,10H,3-6,9H2,1-2H3,(H,21,22,25).